The van der Waals surface area contributed by atoms with Crippen LogP contribution in [0, 0.1) is 5.82 Å². The van der Waals surface area contributed by atoms with Crippen molar-refractivity contribution in [1.29, 1.82) is 0 Å². The number of anilines is 1. The molecule has 1 amide bonds. The van der Waals surface area contributed by atoms with E-state index in [1.54, 1.807) is 12.1 Å². The second-order valence-corrected chi connectivity index (χ2v) is 5.64. The molecule has 128 valence electrons. The average molecular weight is 348 g/mol. The van der Waals surface area contributed by atoms with E-state index in [0.717, 1.165) is 16.5 Å². The SMILES string of the molecule is CC(=O)Nc1nc(-c2nc[nH]n2)c2cc(-c3ccc(F)cc3)ccc2n1. The summed E-state index contributed by atoms with van der Waals surface area (Å²) < 4.78 is 13.2. The number of amides is 1. The molecule has 8 heteroatoms. The third-order valence-electron chi connectivity index (χ3n) is 3.79. The van der Waals surface area contributed by atoms with Gasteiger partial charge in [-0.3, -0.25) is 15.2 Å². The van der Waals surface area contributed by atoms with E-state index in [4.69, 9.17) is 0 Å². The number of carbonyl (C=O) groups is 1. The van der Waals surface area contributed by atoms with Crippen LogP contribution in [0.4, 0.5) is 10.3 Å². The summed E-state index contributed by atoms with van der Waals surface area (Å²) in [6, 6.07) is 11.8. The van der Waals surface area contributed by atoms with E-state index in [-0.39, 0.29) is 17.7 Å². The number of H-pyrrole nitrogens is 1. The van der Waals surface area contributed by atoms with Gasteiger partial charge >= 0.3 is 0 Å². The summed E-state index contributed by atoms with van der Waals surface area (Å²) in [5.74, 6) is 0.00652. The van der Waals surface area contributed by atoms with E-state index in [2.05, 4.69) is 30.5 Å². The third kappa shape index (κ3) is 3.00. The highest BCUT2D eigenvalue weighted by Gasteiger charge is 2.14. The maximum absolute atomic E-state index is 13.2. The molecule has 0 saturated heterocycles. The molecule has 2 aromatic carbocycles. The normalized spacial score (nSPS) is 10.8. The first kappa shape index (κ1) is 15.8. The number of carbonyl (C=O) groups excluding carboxylic acids is 1. The molecule has 0 spiro atoms. The number of nitrogens with one attached hydrogen (secondary N) is 2. The van der Waals surface area contributed by atoms with Gasteiger partial charge in [-0.2, -0.15) is 5.10 Å². The molecule has 2 aromatic heterocycles. The summed E-state index contributed by atoms with van der Waals surface area (Å²) in [4.78, 5) is 24.3. The van der Waals surface area contributed by atoms with E-state index >= 15 is 0 Å². The molecule has 0 unspecified atom stereocenters. The Balaban J connectivity index is 1.92. The number of halogens is 1. The maximum atomic E-state index is 13.2. The lowest BCUT2D eigenvalue weighted by Crippen LogP contribution is -2.10. The lowest BCUT2D eigenvalue weighted by molar-refractivity contribution is -0.114. The van der Waals surface area contributed by atoms with Gasteiger partial charge in [0.15, 0.2) is 5.82 Å². The fraction of sp³-hybridized carbons (Fsp3) is 0.0556. The van der Waals surface area contributed by atoms with Crippen molar-refractivity contribution in [3.8, 4) is 22.6 Å². The smallest absolute Gasteiger partial charge is 0.230 e. The largest absolute Gasteiger partial charge is 0.295 e. The summed E-state index contributed by atoms with van der Waals surface area (Å²) in [6.07, 6.45) is 1.45. The van der Waals surface area contributed by atoms with Crippen molar-refractivity contribution >= 4 is 22.8 Å². The molecule has 0 bridgehead atoms. The molecule has 4 rings (SSSR count). The fourth-order valence-electron chi connectivity index (χ4n) is 2.66. The van der Waals surface area contributed by atoms with E-state index in [9.17, 15) is 9.18 Å². The van der Waals surface area contributed by atoms with Crippen LogP contribution in [0.15, 0.2) is 48.8 Å². The second-order valence-electron chi connectivity index (χ2n) is 5.64. The number of fused-ring (bicyclic) bond motifs is 1. The molecule has 26 heavy (non-hydrogen) atoms. The van der Waals surface area contributed by atoms with Gasteiger partial charge in [0.25, 0.3) is 0 Å². The highest BCUT2D eigenvalue weighted by molar-refractivity contribution is 5.96. The van der Waals surface area contributed by atoms with Crippen LogP contribution in [0.5, 0.6) is 0 Å². The van der Waals surface area contributed by atoms with Gasteiger partial charge in [0.05, 0.1) is 5.52 Å². The van der Waals surface area contributed by atoms with Crippen LogP contribution in [0.2, 0.25) is 0 Å². The molecule has 0 aliphatic carbocycles. The average Bonchev–Trinajstić information content (AvgIpc) is 3.15. The Morgan fingerprint density at radius 2 is 1.85 bits per heavy atom. The molecule has 0 fully saturated rings. The molecule has 0 atom stereocenters. The molecule has 0 saturated carbocycles. The van der Waals surface area contributed by atoms with E-state index in [1.165, 1.54) is 25.4 Å². The summed E-state index contributed by atoms with van der Waals surface area (Å²) in [7, 11) is 0. The monoisotopic (exact) mass is 348 g/mol. The number of hydrogen-bond acceptors (Lipinski definition) is 5. The van der Waals surface area contributed by atoms with Crippen LogP contribution in [0.3, 0.4) is 0 Å². The Kier molecular flexibility index (Phi) is 3.85. The standard InChI is InChI=1S/C18H13FN6O/c1-10(26)22-18-23-15-7-4-12(11-2-5-13(19)6-3-11)8-14(15)16(24-18)17-20-9-21-25-17/h2-9H,1H3,(H,20,21,25)(H,22,23,24,26). The highest BCUT2D eigenvalue weighted by Crippen LogP contribution is 2.29. The predicted molar refractivity (Wildman–Crippen MR) is 94.6 cm³/mol. The first-order valence-corrected chi connectivity index (χ1v) is 7.81. The van der Waals surface area contributed by atoms with Gasteiger partial charge < -0.3 is 0 Å². The molecule has 0 aliphatic heterocycles. The molecular formula is C18H13FN6O. The molecule has 0 radical (unpaired) electrons. The number of aromatic amines is 1. The lowest BCUT2D eigenvalue weighted by atomic mass is 10.0. The molecule has 2 N–H and O–H groups in total. The van der Waals surface area contributed by atoms with Crippen LogP contribution in [0.1, 0.15) is 6.92 Å². The van der Waals surface area contributed by atoms with Gasteiger partial charge in [-0.15, -0.1) is 0 Å². The summed E-state index contributed by atoms with van der Waals surface area (Å²) in [5.41, 5.74) is 2.86. The number of aromatic nitrogens is 5. The number of benzene rings is 2. The van der Waals surface area contributed by atoms with Gasteiger partial charge in [0.2, 0.25) is 11.9 Å². The second kappa shape index (κ2) is 6.32. The van der Waals surface area contributed by atoms with Gasteiger partial charge in [0.1, 0.15) is 17.8 Å². The minimum atomic E-state index is -0.292. The van der Waals surface area contributed by atoms with Crippen LogP contribution in [-0.4, -0.2) is 31.1 Å². The van der Waals surface area contributed by atoms with E-state index < -0.39 is 0 Å². The van der Waals surface area contributed by atoms with Gasteiger partial charge in [-0.05, 0) is 35.4 Å². The zero-order valence-corrected chi connectivity index (χ0v) is 13.7. The molecule has 2 heterocycles. The Morgan fingerprint density at radius 1 is 1.08 bits per heavy atom. The topological polar surface area (TPSA) is 96.5 Å². The summed E-state index contributed by atoms with van der Waals surface area (Å²) in [6.45, 7) is 1.39. The highest BCUT2D eigenvalue weighted by atomic mass is 19.1. The van der Waals surface area contributed by atoms with Crippen molar-refractivity contribution in [1.82, 2.24) is 25.1 Å². The predicted octanol–water partition coefficient (Wildman–Crippen LogP) is 3.18. The van der Waals surface area contributed by atoms with Crippen molar-refractivity contribution in [2.75, 3.05) is 5.32 Å². The van der Waals surface area contributed by atoms with Crippen molar-refractivity contribution in [3.63, 3.8) is 0 Å². The molecule has 0 aliphatic rings. The van der Waals surface area contributed by atoms with Crippen LogP contribution < -0.4 is 5.32 Å². The van der Waals surface area contributed by atoms with Crippen LogP contribution >= 0.6 is 0 Å². The van der Waals surface area contributed by atoms with Crippen molar-refractivity contribution in [2.45, 2.75) is 6.92 Å². The molecule has 7 nitrogen and oxygen atoms in total. The minimum absolute atomic E-state index is 0.180. The van der Waals surface area contributed by atoms with Crippen molar-refractivity contribution in [3.05, 3.63) is 54.6 Å². The Hall–Kier alpha value is -3.68. The van der Waals surface area contributed by atoms with Crippen molar-refractivity contribution < 1.29 is 9.18 Å². The van der Waals surface area contributed by atoms with E-state index in [1.807, 2.05) is 18.2 Å². The van der Waals surface area contributed by atoms with Crippen molar-refractivity contribution in [2.24, 2.45) is 0 Å². The number of hydrogen-bond donors (Lipinski definition) is 2. The van der Waals surface area contributed by atoms with Crippen LogP contribution in [0.25, 0.3) is 33.5 Å². The number of rotatable bonds is 3. The van der Waals surface area contributed by atoms with Gasteiger partial charge in [-0.1, -0.05) is 18.2 Å². The Labute approximate surface area is 147 Å². The first-order chi connectivity index (χ1) is 12.6. The minimum Gasteiger partial charge on any atom is -0.295 e. The van der Waals surface area contributed by atoms with E-state index in [0.29, 0.717) is 17.0 Å². The quantitative estimate of drug-likeness (QED) is 0.593. The fourth-order valence-corrected chi connectivity index (χ4v) is 2.66. The molecule has 4 aromatic rings. The zero-order valence-electron chi connectivity index (χ0n) is 13.7. The van der Waals surface area contributed by atoms with Crippen LogP contribution in [-0.2, 0) is 4.79 Å². The summed E-state index contributed by atoms with van der Waals surface area (Å²) >= 11 is 0. The zero-order chi connectivity index (χ0) is 18.1. The Morgan fingerprint density at radius 3 is 2.54 bits per heavy atom. The number of nitrogens with zero attached hydrogens (tertiary/aromatic N) is 4. The Bertz CT molecular complexity index is 1090. The maximum Gasteiger partial charge on any atom is 0.230 e. The summed E-state index contributed by atoms with van der Waals surface area (Å²) in [5, 5.41) is 10.0. The lowest BCUT2D eigenvalue weighted by Gasteiger charge is -2.09. The first-order valence-electron chi connectivity index (χ1n) is 7.81. The molecular weight excluding hydrogens is 335 g/mol. The van der Waals surface area contributed by atoms with Gasteiger partial charge in [0, 0.05) is 12.3 Å². The third-order valence-corrected chi connectivity index (χ3v) is 3.79. The van der Waals surface area contributed by atoms with Gasteiger partial charge in [-0.25, -0.2) is 19.3 Å².